The Hall–Kier alpha value is -7.68. The summed E-state index contributed by atoms with van der Waals surface area (Å²) >= 11 is 0. The van der Waals surface area contributed by atoms with Crippen molar-refractivity contribution in [1.82, 2.24) is 4.57 Å². The highest BCUT2D eigenvalue weighted by atomic mass is 15.1. The van der Waals surface area contributed by atoms with Crippen LogP contribution in [0.2, 0.25) is 0 Å². The van der Waals surface area contributed by atoms with Gasteiger partial charge in [-0.1, -0.05) is 164 Å². The molecule has 0 radical (unpaired) electrons. The van der Waals surface area contributed by atoms with E-state index in [1.165, 1.54) is 87.9 Å². The summed E-state index contributed by atoms with van der Waals surface area (Å²) in [5.41, 5.74) is 17.3. The first kappa shape index (κ1) is 34.4. The molecule has 2 aliphatic rings. The fraction of sp³-hybridized carbons (Fsp3) is 0.0345. The Morgan fingerprint density at radius 1 is 0.450 bits per heavy atom. The maximum atomic E-state index is 2.51. The quantitative estimate of drug-likeness (QED) is 0.153. The predicted octanol–water partition coefficient (Wildman–Crippen LogP) is 15.8. The maximum absolute atomic E-state index is 2.51. The molecule has 60 heavy (non-hydrogen) atoms. The molecule has 1 heterocycles. The summed E-state index contributed by atoms with van der Waals surface area (Å²) in [7, 11) is 0. The molecule has 0 unspecified atom stereocenters. The highest BCUT2D eigenvalue weighted by molar-refractivity contribution is 6.17. The number of benzene rings is 9. The second kappa shape index (κ2) is 14.0. The third-order valence-electron chi connectivity index (χ3n) is 12.6. The van der Waals surface area contributed by atoms with E-state index in [1.807, 2.05) is 0 Å². The van der Waals surface area contributed by atoms with Gasteiger partial charge in [-0.05, 0) is 128 Å². The van der Waals surface area contributed by atoms with Gasteiger partial charge in [0.15, 0.2) is 0 Å². The van der Waals surface area contributed by atoms with Crippen LogP contribution >= 0.6 is 0 Å². The van der Waals surface area contributed by atoms with E-state index < -0.39 is 0 Å². The van der Waals surface area contributed by atoms with Crippen molar-refractivity contribution < 1.29 is 0 Å². The van der Waals surface area contributed by atoms with Gasteiger partial charge in [0.05, 0.1) is 16.7 Å². The molecule has 282 valence electrons. The van der Waals surface area contributed by atoms with Gasteiger partial charge >= 0.3 is 0 Å². The summed E-state index contributed by atoms with van der Waals surface area (Å²) in [5.74, 6) is 0. The number of fused-ring (bicyclic) bond motifs is 9. The number of para-hydroxylation sites is 2. The van der Waals surface area contributed by atoms with E-state index in [1.54, 1.807) is 0 Å². The standard InChI is InChI=1S/C58H40N2/c1-4-18-39(19-5-1)57(40-20-6-2-7-21-40)58-51-30-15-13-27-47(51)48-34-32-43(38-53(48)58)59(56-36-41-22-10-11-25-45(41)46-26-12-14-28-49(46)56)44-33-35-55-52(37-44)50-29-16-17-31-54(50)60(55)42-23-8-3-9-24-42/h1-6,8-20,22-38H,7,21H2/b58-57-. The van der Waals surface area contributed by atoms with E-state index in [9.17, 15) is 0 Å². The smallest absolute Gasteiger partial charge is 0.0546 e. The van der Waals surface area contributed by atoms with Gasteiger partial charge < -0.3 is 9.47 Å². The van der Waals surface area contributed by atoms with Crippen LogP contribution in [0.1, 0.15) is 29.5 Å². The number of aromatic nitrogens is 1. The lowest BCUT2D eigenvalue weighted by Crippen LogP contribution is -2.11. The van der Waals surface area contributed by atoms with E-state index in [0.717, 1.165) is 35.6 Å². The van der Waals surface area contributed by atoms with Gasteiger partial charge in [-0.3, -0.25) is 0 Å². The summed E-state index contributed by atoms with van der Waals surface area (Å²) in [5, 5.41) is 7.39. The highest BCUT2D eigenvalue weighted by Gasteiger charge is 2.30. The van der Waals surface area contributed by atoms with Crippen molar-refractivity contribution in [2.75, 3.05) is 4.90 Å². The van der Waals surface area contributed by atoms with Crippen molar-refractivity contribution >= 4 is 71.6 Å². The fourth-order valence-corrected chi connectivity index (χ4v) is 9.97. The van der Waals surface area contributed by atoms with Crippen LogP contribution in [-0.2, 0) is 0 Å². The molecular weight excluding hydrogens is 725 g/mol. The second-order valence-electron chi connectivity index (χ2n) is 15.9. The van der Waals surface area contributed by atoms with E-state index >= 15 is 0 Å². The largest absolute Gasteiger partial charge is 0.310 e. The van der Waals surface area contributed by atoms with Gasteiger partial charge in [0.25, 0.3) is 0 Å². The molecule has 0 fully saturated rings. The van der Waals surface area contributed by atoms with Gasteiger partial charge in [0.1, 0.15) is 0 Å². The molecule has 0 spiro atoms. The molecule has 9 aromatic carbocycles. The van der Waals surface area contributed by atoms with Crippen molar-refractivity contribution in [2.24, 2.45) is 0 Å². The van der Waals surface area contributed by atoms with E-state index in [4.69, 9.17) is 0 Å². The lowest BCUT2D eigenvalue weighted by atomic mass is 9.85. The van der Waals surface area contributed by atoms with Crippen LogP contribution in [0.3, 0.4) is 0 Å². The zero-order chi connectivity index (χ0) is 39.6. The van der Waals surface area contributed by atoms with Crippen molar-refractivity contribution in [2.45, 2.75) is 12.8 Å². The Balaban J connectivity index is 1.16. The van der Waals surface area contributed by atoms with Gasteiger partial charge in [-0.15, -0.1) is 0 Å². The van der Waals surface area contributed by atoms with Crippen LogP contribution in [0, 0.1) is 0 Å². The van der Waals surface area contributed by atoms with Crippen LogP contribution in [0.5, 0.6) is 0 Å². The Morgan fingerprint density at radius 2 is 1.08 bits per heavy atom. The molecule has 0 atom stereocenters. The van der Waals surface area contributed by atoms with Gasteiger partial charge in [-0.25, -0.2) is 0 Å². The second-order valence-corrected chi connectivity index (χ2v) is 15.9. The molecular formula is C58H40N2. The molecule has 0 aliphatic heterocycles. The number of nitrogens with zero attached hydrogens (tertiary/aromatic N) is 2. The Morgan fingerprint density at radius 3 is 1.90 bits per heavy atom. The third kappa shape index (κ3) is 5.42. The first-order valence-electron chi connectivity index (χ1n) is 21.0. The molecule has 0 saturated carbocycles. The minimum absolute atomic E-state index is 1.01. The molecule has 2 nitrogen and oxygen atoms in total. The average Bonchev–Trinajstić information content (AvgIpc) is 3.82. The van der Waals surface area contributed by atoms with Crippen LogP contribution in [0.4, 0.5) is 17.1 Å². The maximum Gasteiger partial charge on any atom is 0.0546 e. The lowest BCUT2D eigenvalue weighted by molar-refractivity contribution is 0.996. The number of hydrogen-bond donors (Lipinski definition) is 0. The van der Waals surface area contributed by atoms with Gasteiger partial charge in [0.2, 0.25) is 0 Å². The minimum Gasteiger partial charge on any atom is -0.310 e. The monoisotopic (exact) mass is 764 g/mol. The highest BCUT2D eigenvalue weighted by Crippen LogP contribution is 2.52. The summed E-state index contributed by atoms with van der Waals surface area (Å²) in [6, 6.07) is 73.8. The molecule has 0 N–H and O–H groups in total. The summed E-state index contributed by atoms with van der Waals surface area (Å²) < 4.78 is 2.40. The van der Waals surface area contributed by atoms with E-state index in [0.29, 0.717) is 0 Å². The normalized spacial score (nSPS) is 14.1. The van der Waals surface area contributed by atoms with Crippen molar-refractivity contribution in [3.05, 3.63) is 241 Å². The topological polar surface area (TPSA) is 8.17 Å². The van der Waals surface area contributed by atoms with Crippen LogP contribution in [-0.4, -0.2) is 4.57 Å². The van der Waals surface area contributed by atoms with E-state index in [-0.39, 0.29) is 0 Å². The zero-order valence-electron chi connectivity index (χ0n) is 33.1. The van der Waals surface area contributed by atoms with Gasteiger partial charge in [0, 0.05) is 33.2 Å². The number of allylic oxidation sites excluding steroid dienone is 5. The molecule has 1 aromatic heterocycles. The number of rotatable bonds is 6. The zero-order valence-corrected chi connectivity index (χ0v) is 33.1. The van der Waals surface area contributed by atoms with E-state index in [2.05, 4.69) is 228 Å². The summed E-state index contributed by atoms with van der Waals surface area (Å²) in [6.07, 6.45) is 8.89. The van der Waals surface area contributed by atoms with Crippen molar-refractivity contribution in [3.8, 4) is 16.8 Å². The molecule has 2 aliphatic carbocycles. The first-order chi connectivity index (χ1) is 29.8. The van der Waals surface area contributed by atoms with Crippen molar-refractivity contribution in [1.29, 1.82) is 0 Å². The Labute approximate surface area is 349 Å². The summed E-state index contributed by atoms with van der Waals surface area (Å²) in [4.78, 5) is 2.51. The average molecular weight is 765 g/mol. The molecule has 0 amide bonds. The third-order valence-corrected chi connectivity index (χ3v) is 12.6. The SMILES string of the molecule is C1=CCCC(/C(=C2/c3ccccc3-c3ccc(N(c4ccc5c(c4)c4ccccc4n5-c4ccccc4)c4cc5ccccc5c5ccccc45)cc32)c2ccccc2)=C1. The Bertz CT molecular complexity index is 3420. The van der Waals surface area contributed by atoms with Crippen molar-refractivity contribution in [3.63, 3.8) is 0 Å². The molecule has 0 bridgehead atoms. The minimum atomic E-state index is 1.01. The predicted molar refractivity (Wildman–Crippen MR) is 255 cm³/mol. The van der Waals surface area contributed by atoms with Crippen LogP contribution < -0.4 is 4.90 Å². The fourth-order valence-electron chi connectivity index (χ4n) is 9.97. The first-order valence-corrected chi connectivity index (χ1v) is 21.0. The lowest BCUT2D eigenvalue weighted by Gasteiger charge is -2.28. The molecule has 12 rings (SSSR count). The molecule has 10 aromatic rings. The Kier molecular flexibility index (Phi) is 8.02. The number of anilines is 3. The molecule has 0 saturated heterocycles. The summed E-state index contributed by atoms with van der Waals surface area (Å²) in [6.45, 7) is 0. The number of hydrogen-bond acceptors (Lipinski definition) is 1. The van der Waals surface area contributed by atoms with Crippen LogP contribution in [0.15, 0.2) is 224 Å². The van der Waals surface area contributed by atoms with Gasteiger partial charge in [-0.2, -0.15) is 0 Å². The van der Waals surface area contributed by atoms with Crippen LogP contribution in [0.25, 0.3) is 71.3 Å². The molecule has 2 heteroatoms.